The zero-order chi connectivity index (χ0) is 13.4. The average Bonchev–Trinajstić information content (AvgIpc) is 2.83. The van der Waals surface area contributed by atoms with Gasteiger partial charge in [-0.2, -0.15) is 5.10 Å². The highest BCUT2D eigenvalue weighted by atomic mass is 15.3. The lowest BCUT2D eigenvalue weighted by Crippen LogP contribution is -2.34. The molecule has 1 unspecified atom stereocenters. The van der Waals surface area contributed by atoms with Crippen LogP contribution in [0.25, 0.3) is 0 Å². The molecule has 0 saturated carbocycles. The quantitative estimate of drug-likeness (QED) is 0.730. The second-order valence-electron chi connectivity index (χ2n) is 5.37. The fourth-order valence-electron chi connectivity index (χ4n) is 2.70. The Morgan fingerprint density at radius 1 is 1.33 bits per heavy atom. The van der Waals surface area contributed by atoms with Gasteiger partial charge in [0.15, 0.2) is 0 Å². The van der Waals surface area contributed by atoms with Crippen LogP contribution < -0.4 is 5.32 Å². The van der Waals surface area contributed by atoms with Crippen molar-refractivity contribution in [2.75, 3.05) is 13.6 Å². The minimum Gasteiger partial charge on any atom is -0.319 e. The summed E-state index contributed by atoms with van der Waals surface area (Å²) in [5.74, 6) is 0. The summed E-state index contributed by atoms with van der Waals surface area (Å²) >= 11 is 0. The Balaban J connectivity index is 2.74. The number of unbranched alkanes of at least 4 members (excludes halogenated alkanes) is 1. The van der Waals surface area contributed by atoms with Crippen molar-refractivity contribution in [2.45, 2.75) is 59.4 Å². The molecule has 0 saturated heterocycles. The maximum atomic E-state index is 4.39. The van der Waals surface area contributed by atoms with Crippen molar-refractivity contribution in [2.24, 2.45) is 5.41 Å². The highest BCUT2D eigenvalue weighted by molar-refractivity contribution is 5.08. The van der Waals surface area contributed by atoms with E-state index in [-0.39, 0.29) is 0 Å². The molecule has 0 bridgehead atoms. The first kappa shape index (κ1) is 15.2. The van der Waals surface area contributed by atoms with Crippen molar-refractivity contribution in [1.29, 1.82) is 0 Å². The topological polar surface area (TPSA) is 29.9 Å². The van der Waals surface area contributed by atoms with Crippen LogP contribution in [-0.2, 0) is 13.0 Å². The predicted molar refractivity (Wildman–Crippen MR) is 77.8 cm³/mol. The van der Waals surface area contributed by atoms with Crippen LogP contribution in [0, 0.1) is 5.41 Å². The molecule has 0 fully saturated rings. The average molecular weight is 251 g/mol. The third-order valence-electron chi connectivity index (χ3n) is 3.95. The van der Waals surface area contributed by atoms with Gasteiger partial charge in [-0.1, -0.05) is 26.7 Å². The van der Waals surface area contributed by atoms with E-state index in [1.165, 1.54) is 31.2 Å². The van der Waals surface area contributed by atoms with Gasteiger partial charge in [0.2, 0.25) is 0 Å². The SMILES string of the molecule is CCCCC(CC)(CNC)Cc1cnn(CC)c1. The van der Waals surface area contributed by atoms with Gasteiger partial charge in [-0.3, -0.25) is 4.68 Å². The monoisotopic (exact) mass is 251 g/mol. The van der Waals surface area contributed by atoms with E-state index >= 15 is 0 Å². The Kier molecular flexibility index (Phi) is 6.41. The molecule has 1 N–H and O–H groups in total. The number of hydrogen-bond donors (Lipinski definition) is 1. The summed E-state index contributed by atoms with van der Waals surface area (Å²) in [6.45, 7) is 8.78. The maximum absolute atomic E-state index is 4.39. The lowest BCUT2D eigenvalue weighted by Gasteiger charge is -2.32. The summed E-state index contributed by atoms with van der Waals surface area (Å²) in [6, 6.07) is 0. The van der Waals surface area contributed by atoms with E-state index in [1.807, 2.05) is 10.9 Å². The first-order valence-electron chi connectivity index (χ1n) is 7.35. The molecule has 0 spiro atoms. The zero-order valence-electron chi connectivity index (χ0n) is 12.5. The minimum absolute atomic E-state index is 0.395. The largest absolute Gasteiger partial charge is 0.319 e. The van der Waals surface area contributed by atoms with Crippen LogP contribution in [0.4, 0.5) is 0 Å². The van der Waals surface area contributed by atoms with Gasteiger partial charge in [0.25, 0.3) is 0 Å². The van der Waals surface area contributed by atoms with Crippen molar-refractivity contribution < 1.29 is 0 Å². The summed E-state index contributed by atoms with van der Waals surface area (Å²) in [5.41, 5.74) is 1.77. The van der Waals surface area contributed by atoms with E-state index < -0.39 is 0 Å². The highest BCUT2D eigenvalue weighted by Gasteiger charge is 2.27. The number of nitrogens with zero attached hydrogens (tertiary/aromatic N) is 2. The van der Waals surface area contributed by atoms with Gasteiger partial charge in [0.1, 0.15) is 0 Å². The Labute approximate surface area is 112 Å². The van der Waals surface area contributed by atoms with E-state index in [0.717, 1.165) is 19.5 Å². The predicted octanol–water partition coefficient (Wildman–Crippen LogP) is 3.25. The van der Waals surface area contributed by atoms with Crippen LogP contribution in [0.2, 0.25) is 0 Å². The van der Waals surface area contributed by atoms with Crippen LogP contribution >= 0.6 is 0 Å². The van der Waals surface area contributed by atoms with E-state index in [4.69, 9.17) is 0 Å². The van der Waals surface area contributed by atoms with Gasteiger partial charge in [-0.15, -0.1) is 0 Å². The number of aryl methyl sites for hydroxylation is 1. The molecule has 0 aliphatic carbocycles. The molecule has 1 atom stereocenters. The Morgan fingerprint density at radius 3 is 2.61 bits per heavy atom. The van der Waals surface area contributed by atoms with E-state index in [0.29, 0.717) is 5.41 Å². The Bertz CT molecular complexity index is 332. The van der Waals surface area contributed by atoms with Crippen LogP contribution in [-0.4, -0.2) is 23.4 Å². The third-order valence-corrected chi connectivity index (χ3v) is 3.95. The zero-order valence-corrected chi connectivity index (χ0v) is 12.5. The molecule has 1 heterocycles. The molecule has 0 aliphatic heterocycles. The first-order chi connectivity index (χ1) is 8.69. The van der Waals surface area contributed by atoms with E-state index in [9.17, 15) is 0 Å². The fraction of sp³-hybridized carbons (Fsp3) is 0.800. The molecule has 1 aromatic rings. The number of nitrogens with one attached hydrogen (secondary N) is 1. The first-order valence-corrected chi connectivity index (χ1v) is 7.35. The summed E-state index contributed by atoms with van der Waals surface area (Å²) in [4.78, 5) is 0. The van der Waals surface area contributed by atoms with Gasteiger partial charge >= 0.3 is 0 Å². The maximum Gasteiger partial charge on any atom is 0.0521 e. The smallest absolute Gasteiger partial charge is 0.0521 e. The van der Waals surface area contributed by atoms with Gasteiger partial charge in [0, 0.05) is 19.3 Å². The van der Waals surface area contributed by atoms with Crippen molar-refractivity contribution in [3.05, 3.63) is 18.0 Å². The minimum atomic E-state index is 0.395. The lowest BCUT2D eigenvalue weighted by molar-refractivity contribution is 0.235. The summed E-state index contributed by atoms with van der Waals surface area (Å²) in [5, 5.41) is 7.77. The van der Waals surface area contributed by atoms with Crippen LogP contribution in [0.1, 0.15) is 52.0 Å². The van der Waals surface area contributed by atoms with Crippen molar-refractivity contribution in [3.8, 4) is 0 Å². The molecule has 3 nitrogen and oxygen atoms in total. The Morgan fingerprint density at radius 2 is 2.11 bits per heavy atom. The molecule has 0 aromatic carbocycles. The highest BCUT2D eigenvalue weighted by Crippen LogP contribution is 2.32. The van der Waals surface area contributed by atoms with Gasteiger partial charge in [-0.05, 0) is 44.2 Å². The summed E-state index contributed by atoms with van der Waals surface area (Å²) in [6.07, 6.45) is 10.5. The molecule has 3 heteroatoms. The third kappa shape index (κ3) is 4.13. The molecule has 0 aliphatic rings. The van der Waals surface area contributed by atoms with Crippen LogP contribution in [0.15, 0.2) is 12.4 Å². The molecule has 0 amide bonds. The van der Waals surface area contributed by atoms with Gasteiger partial charge < -0.3 is 5.32 Å². The Hall–Kier alpha value is -0.830. The van der Waals surface area contributed by atoms with Crippen molar-refractivity contribution >= 4 is 0 Å². The fourth-order valence-corrected chi connectivity index (χ4v) is 2.70. The molecule has 1 aromatic heterocycles. The van der Waals surface area contributed by atoms with Crippen LogP contribution in [0.3, 0.4) is 0 Å². The number of rotatable bonds is 9. The molecule has 18 heavy (non-hydrogen) atoms. The second-order valence-corrected chi connectivity index (χ2v) is 5.37. The van der Waals surface area contributed by atoms with Crippen molar-refractivity contribution in [1.82, 2.24) is 15.1 Å². The summed E-state index contributed by atoms with van der Waals surface area (Å²) < 4.78 is 2.02. The second kappa shape index (κ2) is 7.57. The van der Waals surface area contributed by atoms with Crippen LogP contribution in [0.5, 0.6) is 0 Å². The number of aromatic nitrogens is 2. The van der Waals surface area contributed by atoms with Gasteiger partial charge in [-0.25, -0.2) is 0 Å². The van der Waals surface area contributed by atoms with E-state index in [2.05, 4.69) is 44.4 Å². The molecular weight excluding hydrogens is 222 g/mol. The molecular formula is C15H29N3. The van der Waals surface area contributed by atoms with Crippen molar-refractivity contribution in [3.63, 3.8) is 0 Å². The summed E-state index contributed by atoms with van der Waals surface area (Å²) in [7, 11) is 2.06. The molecule has 0 radical (unpaired) electrons. The van der Waals surface area contributed by atoms with Gasteiger partial charge in [0.05, 0.1) is 6.20 Å². The number of hydrogen-bond acceptors (Lipinski definition) is 2. The molecule has 1 rings (SSSR count). The normalized spacial score (nSPS) is 14.7. The van der Waals surface area contributed by atoms with E-state index in [1.54, 1.807) is 0 Å². The molecule has 104 valence electrons. The lowest BCUT2D eigenvalue weighted by atomic mass is 9.75. The standard InChI is InChI=1S/C15H29N3/c1-5-8-9-15(6-2,13-16-4)10-14-11-17-18(7-3)12-14/h11-12,16H,5-10,13H2,1-4H3.